The molecule has 0 bridgehead atoms. The zero-order valence-electron chi connectivity index (χ0n) is 10.8. The van der Waals surface area contributed by atoms with E-state index in [1.54, 1.807) is 31.2 Å². The van der Waals surface area contributed by atoms with Crippen molar-refractivity contribution in [2.45, 2.75) is 13.1 Å². The molecule has 0 saturated heterocycles. The SMILES string of the molecule is CCNC(=O)c1sc(-c2ccc(Br)cc2)nc1C(F)(F)F. The van der Waals surface area contributed by atoms with E-state index in [0.717, 1.165) is 15.8 Å². The first kappa shape index (κ1) is 16.0. The van der Waals surface area contributed by atoms with E-state index in [0.29, 0.717) is 5.56 Å². The molecule has 1 amide bonds. The first-order valence-corrected chi connectivity index (χ1v) is 7.56. The lowest BCUT2D eigenvalue weighted by molar-refractivity contribution is -0.141. The van der Waals surface area contributed by atoms with Crippen LogP contribution in [0.2, 0.25) is 0 Å². The molecular weight excluding hydrogens is 369 g/mol. The van der Waals surface area contributed by atoms with Crippen molar-refractivity contribution in [1.29, 1.82) is 0 Å². The van der Waals surface area contributed by atoms with Gasteiger partial charge in [0.15, 0.2) is 5.69 Å². The molecule has 0 aliphatic rings. The quantitative estimate of drug-likeness (QED) is 0.862. The third kappa shape index (κ3) is 3.62. The summed E-state index contributed by atoms with van der Waals surface area (Å²) in [5, 5.41) is 2.54. The fraction of sp³-hybridized carbons (Fsp3) is 0.231. The van der Waals surface area contributed by atoms with Crippen LogP contribution in [0.4, 0.5) is 13.2 Å². The second-order valence-corrected chi connectivity index (χ2v) is 5.98. The normalized spacial score (nSPS) is 11.5. The van der Waals surface area contributed by atoms with Gasteiger partial charge in [0.25, 0.3) is 5.91 Å². The summed E-state index contributed by atoms with van der Waals surface area (Å²) in [5.74, 6) is -0.759. The van der Waals surface area contributed by atoms with E-state index in [1.165, 1.54) is 0 Å². The van der Waals surface area contributed by atoms with Gasteiger partial charge in [0.1, 0.15) is 9.88 Å². The van der Waals surface area contributed by atoms with E-state index in [-0.39, 0.29) is 11.6 Å². The van der Waals surface area contributed by atoms with Gasteiger partial charge < -0.3 is 5.32 Å². The number of carbonyl (C=O) groups is 1. The minimum atomic E-state index is -4.66. The Kier molecular flexibility index (Phi) is 4.67. The van der Waals surface area contributed by atoms with Crippen molar-refractivity contribution in [2.75, 3.05) is 6.54 Å². The van der Waals surface area contributed by atoms with E-state index in [2.05, 4.69) is 26.2 Å². The van der Waals surface area contributed by atoms with E-state index in [9.17, 15) is 18.0 Å². The number of amides is 1. The maximum Gasteiger partial charge on any atom is 0.435 e. The van der Waals surface area contributed by atoms with Crippen LogP contribution in [0.15, 0.2) is 28.7 Å². The van der Waals surface area contributed by atoms with Gasteiger partial charge in [0, 0.05) is 16.6 Å². The number of aromatic nitrogens is 1. The summed E-state index contributed by atoms with van der Waals surface area (Å²) in [4.78, 5) is 15.0. The molecule has 1 aromatic heterocycles. The Morgan fingerprint density at radius 2 is 1.95 bits per heavy atom. The molecule has 3 nitrogen and oxygen atoms in total. The number of carbonyl (C=O) groups excluding carboxylic acids is 1. The van der Waals surface area contributed by atoms with Crippen LogP contribution in [0, 0.1) is 0 Å². The number of halogens is 4. The van der Waals surface area contributed by atoms with Gasteiger partial charge in [-0.15, -0.1) is 11.3 Å². The van der Waals surface area contributed by atoms with Crippen LogP contribution in [-0.4, -0.2) is 17.4 Å². The Hall–Kier alpha value is -1.41. The van der Waals surface area contributed by atoms with Crippen molar-refractivity contribution in [3.05, 3.63) is 39.3 Å². The number of thiazole rings is 1. The fourth-order valence-corrected chi connectivity index (χ4v) is 2.89. The number of benzene rings is 1. The van der Waals surface area contributed by atoms with Gasteiger partial charge >= 0.3 is 6.18 Å². The van der Waals surface area contributed by atoms with Crippen LogP contribution in [0.1, 0.15) is 22.3 Å². The standard InChI is InChI=1S/C13H10BrF3N2OS/c1-2-18-11(20)9-10(13(15,16)17)19-12(21-9)7-3-5-8(14)6-4-7/h3-6H,2H2,1H3,(H,18,20). The van der Waals surface area contributed by atoms with Gasteiger partial charge in [-0.25, -0.2) is 4.98 Å². The van der Waals surface area contributed by atoms with Gasteiger partial charge in [-0.1, -0.05) is 28.1 Å². The molecule has 0 aliphatic carbocycles. The van der Waals surface area contributed by atoms with Gasteiger partial charge in [-0.3, -0.25) is 4.79 Å². The molecule has 1 heterocycles. The molecule has 112 valence electrons. The highest BCUT2D eigenvalue weighted by Crippen LogP contribution is 2.37. The minimum absolute atomic E-state index is 0.163. The molecule has 0 fully saturated rings. The van der Waals surface area contributed by atoms with E-state index >= 15 is 0 Å². The molecule has 2 aromatic rings. The van der Waals surface area contributed by atoms with Crippen molar-refractivity contribution >= 4 is 33.2 Å². The van der Waals surface area contributed by atoms with E-state index < -0.39 is 22.7 Å². The minimum Gasteiger partial charge on any atom is -0.352 e. The third-order valence-electron chi connectivity index (χ3n) is 2.53. The molecule has 21 heavy (non-hydrogen) atoms. The molecule has 0 aliphatic heterocycles. The Labute approximate surface area is 131 Å². The topological polar surface area (TPSA) is 42.0 Å². The van der Waals surface area contributed by atoms with Crippen LogP contribution in [0.5, 0.6) is 0 Å². The lowest BCUT2D eigenvalue weighted by Crippen LogP contribution is -2.24. The molecule has 2 rings (SSSR count). The number of alkyl halides is 3. The van der Waals surface area contributed by atoms with Crippen molar-refractivity contribution in [1.82, 2.24) is 10.3 Å². The highest BCUT2D eigenvalue weighted by molar-refractivity contribution is 9.10. The largest absolute Gasteiger partial charge is 0.435 e. The summed E-state index contributed by atoms with van der Waals surface area (Å²) in [6.07, 6.45) is -4.66. The van der Waals surface area contributed by atoms with Gasteiger partial charge in [-0.2, -0.15) is 13.2 Å². The summed E-state index contributed by atoms with van der Waals surface area (Å²) >= 11 is 3.99. The predicted molar refractivity (Wildman–Crippen MR) is 78.3 cm³/mol. The number of rotatable bonds is 3. The summed E-state index contributed by atoms with van der Waals surface area (Å²) < 4.78 is 39.8. The van der Waals surface area contributed by atoms with Gasteiger partial charge in [0.2, 0.25) is 0 Å². The summed E-state index contributed by atoms with van der Waals surface area (Å²) in [6.45, 7) is 1.89. The zero-order chi connectivity index (χ0) is 15.6. The van der Waals surface area contributed by atoms with E-state index in [1.807, 2.05) is 0 Å². The van der Waals surface area contributed by atoms with Crippen LogP contribution in [-0.2, 0) is 6.18 Å². The van der Waals surface area contributed by atoms with Crippen LogP contribution >= 0.6 is 27.3 Å². The van der Waals surface area contributed by atoms with Crippen molar-refractivity contribution < 1.29 is 18.0 Å². The highest BCUT2D eigenvalue weighted by atomic mass is 79.9. The summed E-state index contributed by atoms with van der Waals surface area (Å²) in [5.41, 5.74) is -0.611. The average Bonchev–Trinajstić information content (AvgIpc) is 2.85. The molecule has 8 heteroatoms. The third-order valence-corrected chi connectivity index (χ3v) is 4.16. The van der Waals surface area contributed by atoms with Crippen LogP contribution in [0.25, 0.3) is 10.6 Å². The number of nitrogens with one attached hydrogen (secondary N) is 1. The maximum atomic E-state index is 13.0. The Bertz CT molecular complexity index is 652. The maximum absolute atomic E-state index is 13.0. The van der Waals surface area contributed by atoms with Crippen molar-refractivity contribution in [3.63, 3.8) is 0 Å². The van der Waals surface area contributed by atoms with Crippen molar-refractivity contribution in [3.8, 4) is 10.6 Å². The molecule has 0 unspecified atom stereocenters. The fourth-order valence-electron chi connectivity index (χ4n) is 1.62. The number of nitrogens with zero attached hydrogens (tertiary/aromatic N) is 1. The Balaban J connectivity index is 2.50. The number of hydrogen-bond donors (Lipinski definition) is 1. The van der Waals surface area contributed by atoms with Gasteiger partial charge in [0.05, 0.1) is 0 Å². The van der Waals surface area contributed by atoms with Crippen LogP contribution in [0.3, 0.4) is 0 Å². The second-order valence-electron chi connectivity index (χ2n) is 4.06. The first-order valence-electron chi connectivity index (χ1n) is 5.95. The molecule has 1 aromatic carbocycles. The average molecular weight is 379 g/mol. The molecule has 0 radical (unpaired) electrons. The Morgan fingerprint density at radius 1 is 1.33 bits per heavy atom. The molecule has 0 saturated carbocycles. The molecule has 0 atom stereocenters. The highest BCUT2D eigenvalue weighted by Gasteiger charge is 2.39. The summed E-state index contributed by atoms with van der Waals surface area (Å²) in [6, 6.07) is 6.70. The van der Waals surface area contributed by atoms with Crippen molar-refractivity contribution in [2.24, 2.45) is 0 Å². The first-order chi connectivity index (χ1) is 9.82. The second kappa shape index (κ2) is 6.15. The van der Waals surface area contributed by atoms with Crippen LogP contribution < -0.4 is 5.32 Å². The van der Waals surface area contributed by atoms with Gasteiger partial charge in [-0.05, 0) is 19.1 Å². The lowest BCUT2D eigenvalue weighted by atomic mass is 10.2. The lowest BCUT2D eigenvalue weighted by Gasteiger charge is -2.05. The summed E-state index contributed by atoms with van der Waals surface area (Å²) in [7, 11) is 0. The molecular formula is C13H10BrF3N2OS. The molecule has 0 spiro atoms. The number of hydrogen-bond acceptors (Lipinski definition) is 3. The smallest absolute Gasteiger partial charge is 0.352 e. The van der Waals surface area contributed by atoms with E-state index in [4.69, 9.17) is 0 Å². The predicted octanol–water partition coefficient (Wildman–Crippen LogP) is 4.34. The monoisotopic (exact) mass is 378 g/mol. The molecule has 1 N–H and O–H groups in total. The Morgan fingerprint density at radius 3 is 2.48 bits per heavy atom. The zero-order valence-corrected chi connectivity index (χ0v) is 13.2.